The standard InChI is InChI=1S/C11H16N4O2/c1-6(2)7(3)15-11(17)9-5-13-8(4-14-9)10(12)16/h4-7H,1-3H3,(H2,12,16)(H,15,17). The largest absolute Gasteiger partial charge is 0.364 e. The van der Waals surface area contributed by atoms with Crippen molar-refractivity contribution < 1.29 is 9.59 Å². The quantitative estimate of drug-likeness (QED) is 0.788. The van der Waals surface area contributed by atoms with Gasteiger partial charge in [0.1, 0.15) is 11.4 Å². The van der Waals surface area contributed by atoms with Gasteiger partial charge in [0.2, 0.25) is 0 Å². The Morgan fingerprint density at radius 3 is 2.12 bits per heavy atom. The van der Waals surface area contributed by atoms with Crippen LogP contribution in [-0.2, 0) is 0 Å². The van der Waals surface area contributed by atoms with Crippen LogP contribution in [0, 0.1) is 5.92 Å². The van der Waals surface area contributed by atoms with Crippen molar-refractivity contribution in [2.45, 2.75) is 26.8 Å². The summed E-state index contributed by atoms with van der Waals surface area (Å²) in [6.45, 7) is 5.92. The lowest BCUT2D eigenvalue weighted by atomic mass is 10.1. The second-order valence-electron chi connectivity index (χ2n) is 4.16. The van der Waals surface area contributed by atoms with Gasteiger partial charge in [0.15, 0.2) is 0 Å². The van der Waals surface area contributed by atoms with Crippen LogP contribution in [0.3, 0.4) is 0 Å². The molecule has 0 fully saturated rings. The number of nitrogens with zero attached hydrogens (tertiary/aromatic N) is 2. The van der Waals surface area contributed by atoms with Crippen molar-refractivity contribution in [3.63, 3.8) is 0 Å². The first-order chi connectivity index (χ1) is 7.91. The van der Waals surface area contributed by atoms with E-state index in [1.807, 2.05) is 20.8 Å². The Hall–Kier alpha value is -1.98. The number of rotatable bonds is 4. The Bertz CT molecular complexity index is 414. The molecule has 17 heavy (non-hydrogen) atoms. The van der Waals surface area contributed by atoms with Gasteiger partial charge in [0.25, 0.3) is 11.8 Å². The normalized spacial score (nSPS) is 12.2. The molecular weight excluding hydrogens is 220 g/mol. The first-order valence-electron chi connectivity index (χ1n) is 5.34. The maximum atomic E-state index is 11.7. The van der Waals surface area contributed by atoms with Crippen molar-refractivity contribution in [2.75, 3.05) is 0 Å². The van der Waals surface area contributed by atoms with Crippen LogP contribution < -0.4 is 11.1 Å². The summed E-state index contributed by atoms with van der Waals surface area (Å²) in [6, 6.07) is 0.0418. The minimum Gasteiger partial charge on any atom is -0.364 e. The molecule has 0 radical (unpaired) electrons. The molecule has 6 nitrogen and oxygen atoms in total. The van der Waals surface area contributed by atoms with Crippen LogP contribution in [-0.4, -0.2) is 27.8 Å². The monoisotopic (exact) mass is 236 g/mol. The third-order valence-electron chi connectivity index (χ3n) is 2.50. The zero-order valence-electron chi connectivity index (χ0n) is 10.1. The lowest BCUT2D eigenvalue weighted by Crippen LogP contribution is -2.36. The number of primary amides is 1. The number of nitrogens with one attached hydrogen (secondary N) is 1. The highest BCUT2D eigenvalue weighted by molar-refractivity contribution is 5.93. The summed E-state index contributed by atoms with van der Waals surface area (Å²) < 4.78 is 0. The highest BCUT2D eigenvalue weighted by atomic mass is 16.2. The van der Waals surface area contributed by atoms with Crippen molar-refractivity contribution >= 4 is 11.8 Å². The topological polar surface area (TPSA) is 98.0 Å². The van der Waals surface area contributed by atoms with Crippen molar-refractivity contribution in [1.29, 1.82) is 0 Å². The Kier molecular flexibility index (Phi) is 4.14. The summed E-state index contributed by atoms with van der Waals surface area (Å²) in [7, 11) is 0. The Morgan fingerprint density at radius 2 is 1.71 bits per heavy atom. The van der Waals surface area contributed by atoms with Crippen molar-refractivity contribution in [3.8, 4) is 0 Å². The lowest BCUT2D eigenvalue weighted by molar-refractivity contribution is 0.0922. The van der Waals surface area contributed by atoms with Gasteiger partial charge in [-0.25, -0.2) is 9.97 Å². The van der Waals surface area contributed by atoms with E-state index in [-0.39, 0.29) is 23.3 Å². The summed E-state index contributed by atoms with van der Waals surface area (Å²) in [4.78, 5) is 30.1. The van der Waals surface area contributed by atoms with Gasteiger partial charge in [-0.15, -0.1) is 0 Å². The van der Waals surface area contributed by atoms with E-state index in [9.17, 15) is 9.59 Å². The van der Waals surface area contributed by atoms with Crippen LogP contribution in [0.5, 0.6) is 0 Å². The molecule has 0 aliphatic heterocycles. The fourth-order valence-corrected chi connectivity index (χ4v) is 1.02. The minimum absolute atomic E-state index is 0.0402. The van der Waals surface area contributed by atoms with E-state index in [1.165, 1.54) is 12.4 Å². The van der Waals surface area contributed by atoms with Crippen molar-refractivity contribution in [1.82, 2.24) is 15.3 Å². The molecule has 0 aromatic carbocycles. The van der Waals surface area contributed by atoms with Gasteiger partial charge in [-0.05, 0) is 12.8 Å². The SMILES string of the molecule is CC(C)C(C)NC(=O)c1cnc(C(N)=O)cn1. The molecule has 3 N–H and O–H groups in total. The summed E-state index contributed by atoms with van der Waals surface area (Å²) in [6.07, 6.45) is 2.43. The van der Waals surface area contributed by atoms with E-state index < -0.39 is 5.91 Å². The number of carbonyl (C=O) groups excluding carboxylic acids is 2. The van der Waals surface area contributed by atoms with Gasteiger partial charge in [-0.3, -0.25) is 9.59 Å². The second-order valence-corrected chi connectivity index (χ2v) is 4.16. The maximum Gasteiger partial charge on any atom is 0.271 e. The third kappa shape index (κ3) is 3.51. The van der Waals surface area contributed by atoms with Crippen LogP contribution in [0.4, 0.5) is 0 Å². The Balaban J connectivity index is 2.73. The molecule has 0 bridgehead atoms. The van der Waals surface area contributed by atoms with Gasteiger partial charge in [0.05, 0.1) is 12.4 Å². The predicted octanol–water partition coefficient (Wildman–Crippen LogP) is 0.350. The zero-order valence-corrected chi connectivity index (χ0v) is 10.1. The molecule has 6 heteroatoms. The van der Waals surface area contributed by atoms with Gasteiger partial charge in [0, 0.05) is 6.04 Å². The number of amides is 2. The first kappa shape index (κ1) is 13.1. The van der Waals surface area contributed by atoms with Crippen LogP contribution in [0.25, 0.3) is 0 Å². The number of nitrogens with two attached hydrogens (primary N) is 1. The molecule has 1 atom stereocenters. The van der Waals surface area contributed by atoms with Crippen LogP contribution in [0.15, 0.2) is 12.4 Å². The third-order valence-corrected chi connectivity index (χ3v) is 2.50. The fourth-order valence-electron chi connectivity index (χ4n) is 1.02. The molecule has 0 aliphatic rings. The molecule has 1 unspecified atom stereocenters. The van der Waals surface area contributed by atoms with Crippen LogP contribution >= 0.6 is 0 Å². The highest BCUT2D eigenvalue weighted by Gasteiger charge is 2.14. The fraction of sp³-hybridized carbons (Fsp3) is 0.455. The highest BCUT2D eigenvalue weighted by Crippen LogP contribution is 2.02. The van der Waals surface area contributed by atoms with Crippen LogP contribution in [0.1, 0.15) is 41.7 Å². The zero-order chi connectivity index (χ0) is 13.0. The summed E-state index contributed by atoms with van der Waals surface area (Å²) >= 11 is 0. The van der Waals surface area contributed by atoms with Crippen molar-refractivity contribution in [2.24, 2.45) is 11.7 Å². The average molecular weight is 236 g/mol. The smallest absolute Gasteiger partial charge is 0.271 e. The maximum absolute atomic E-state index is 11.7. The molecule has 0 spiro atoms. The molecule has 1 aromatic rings. The molecular formula is C11H16N4O2. The van der Waals surface area contributed by atoms with Crippen molar-refractivity contribution in [3.05, 3.63) is 23.8 Å². The molecule has 0 aliphatic carbocycles. The van der Waals surface area contributed by atoms with E-state index >= 15 is 0 Å². The summed E-state index contributed by atoms with van der Waals surface area (Å²) in [5.41, 5.74) is 5.23. The number of hydrogen-bond acceptors (Lipinski definition) is 4. The molecule has 92 valence electrons. The number of hydrogen-bond donors (Lipinski definition) is 2. The molecule has 1 heterocycles. The summed E-state index contributed by atoms with van der Waals surface area (Å²) in [5.74, 6) is -0.647. The van der Waals surface area contributed by atoms with E-state index in [4.69, 9.17) is 5.73 Å². The van der Waals surface area contributed by atoms with Gasteiger partial charge >= 0.3 is 0 Å². The Morgan fingerprint density at radius 1 is 1.18 bits per heavy atom. The molecule has 2 amide bonds. The van der Waals surface area contributed by atoms with E-state index in [2.05, 4.69) is 15.3 Å². The average Bonchev–Trinajstić information content (AvgIpc) is 2.28. The van der Waals surface area contributed by atoms with E-state index in [0.29, 0.717) is 5.92 Å². The predicted molar refractivity (Wildman–Crippen MR) is 62.3 cm³/mol. The van der Waals surface area contributed by atoms with E-state index in [0.717, 1.165) is 0 Å². The van der Waals surface area contributed by atoms with Crippen LogP contribution in [0.2, 0.25) is 0 Å². The van der Waals surface area contributed by atoms with Gasteiger partial charge in [-0.1, -0.05) is 13.8 Å². The first-order valence-corrected chi connectivity index (χ1v) is 5.34. The minimum atomic E-state index is -0.667. The molecule has 0 saturated carbocycles. The molecule has 1 aromatic heterocycles. The Labute approximate surface area is 99.6 Å². The van der Waals surface area contributed by atoms with Gasteiger partial charge in [-0.2, -0.15) is 0 Å². The summed E-state index contributed by atoms with van der Waals surface area (Å²) in [5, 5.41) is 2.79. The lowest BCUT2D eigenvalue weighted by Gasteiger charge is -2.16. The van der Waals surface area contributed by atoms with Gasteiger partial charge < -0.3 is 11.1 Å². The molecule has 0 saturated heterocycles. The van der Waals surface area contributed by atoms with E-state index in [1.54, 1.807) is 0 Å². The second kappa shape index (κ2) is 5.38. The molecule has 1 rings (SSSR count). The number of carbonyl (C=O) groups is 2. The number of aromatic nitrogens is 2.